The summed E-state index contributed by atoms with van der Waals surface area (Å²) in [5, 5.41) is 18.6. The number of rotatable bonds is 4. The lowest BCUT2D eigenvalue weighted by Crippen LogP contribution is -2.11. The molecule has 2 heterocycles. The molecule has 2 N–H and O–H groups in total. The molecule has 0 saturated carbocycles. The van der Waals surface area contributed by atoms with E-state index in [-0.39, 0.29) is 11.5 Å². The van der Waals surface area contributed by atoms with Gasteiger partial charge in [0.2, 0.25) is 5.82 Å². The summed E-state index contributed by atoms with van der Waals surface area (Å²) in [5.74, 6) is 0.0545. The first-order chi connectivity index (χ1) is 8.13. The van der Waals surface area contributed by atoms with Crippen molar-refractivity contribution in [3.8, 4) is 0 Å². The van der Waals surface area contributed by atoms with Gasteiger partial charge in [-0.25, -0.2) is 4.68 Å². The fourth-order valence-electron chi connectivity index (χ4n) is 1.58. The van der Waals surface area contributed by atoms with Crippen LogP contribution in [-0.4, -0.2) is 24.5 Å². The van der Waals surface area contributed by atoms with Gasteiger partial charge in [0.25, 0.3) is 0 Å². The minimum atomic E-state index is -0.546. The Balaban J connectivity index is 2.28. The van der Waals surface area contributed by atoms with Crippen LogP contribution in [0, 0.1) is 10.1 Å². The summed E-state index contributed by atoms with van der Waals surface area (Å²) >= 11 is 0. The Morgan fingerprint density at radius 1 is 1.47 bits per heavy atom. The molecule has 0 aliphatic carbocycles. The van der Waals surface area contributed by atoms with Crippen LogP contribution in [0.5, 0.6) is 0 Å². The number of aromatic nitrogens is 4. The van der Waals surface area contributed by atoms with E-state index in [2.05, 4.69) is 10.2 Å². The predicted octanol–water partition coefficient (Wildman–Crippen LogP) is 0.638. The zero-order valence-corrected chi connectivity index (χ0v) is 9.28. The highest BCUT2D eigenvalue weighted by atomic mass is 16.6. The van der Waals surface area contributed by atoms with Crippen molar-refractivity contribution in [1.29, 1.82) is 0 Å². The zero-order chi connectivity index (χ0) is 12.4. The first kappa shape index (κ1) is 11.1. The zero-order valence-electron chi connectivity index (χ0n) is 9.28. The molecule has 0 spiro atoms. The van der Waals surface area contributed by atoms with Gasteiger partial charge in [0.1, 0.15) is 6.20 Å². The van der Waals surface area contributed by atoms with Gasteiger partial charge in [-0.05, 0) is 13.0 Å². The number of nitrogen functional groups attached to an aromatic ring is 1. The van der Waals surface area contributed by atoms with Crippen molar-refractivity contribution in [1.82, 2.24) is 19.6 Å². The first-order valence-electron chi connectivity index (χ1n) is 5.09. The molecule has 0 bridgehead atoms. The Bertz CT molecular complexity index is 543. The van der Waals surface area contributed by atoms with Crippen molar-refractivity contribution in [2.75, 3.05) is 5.73 Å². The van der Waals surface area contributed by atoms with Gasteiger partial charge in [-0.1, -0.05) is 0 Å². The molecule has 0 amide bonds. The van der Waals surface area contributed by atoms with Crippen molar-refractivity contribution in [3.05, 3.63) is 34.3 Å². The smallest absolute Gasteiger partial charge is 0.330 e. The second-order valence-electron chi connectivity index (χ2n) is 3.47. The molecular formula is C9H12N6O2. The van der Waals surface area contributed by atoms with Gasteiger partial charge in [-0.2, -0.15) is 10.2 Å². The van der Waals surface area contributed by atoms with Gasteiger partial charge in [0.05, 0.1) is 17.2 Å². The third-order valence-corrected chi connectivity index (χ3v) is 2.47. The number of hydrogen-bond acceptors (Lipinski definition) is 5. The van der Waals surface area contributed by atoms with E-state index >= 15 is 0 Å². The van der Waals surface area contributed by atoms with E-state index in [0.29, 0.717) is 6.54 Å². The monoisotopic (exact) mass is 236 g/mol. The molecule has 17 heavy (non-hydrogen) atoms. The Kier molecular flexibility index (Phi) is 2.77. The van der Waals surface area contributed by atoms with Gasteiger partial charge < -0.3 is 5.73 Å². The van der Waals surface area contributed by atoms with Crippen LogP contribution < -0.4 is 5.73 Å². The van der Waals surface area contributed by atoms with Crippen LogP contribution in [0.15, 0.2) is 18.5 Å². The molecule has 0 saturated heterocycles. The second kappa shape index (κ2) is 4.24. The van der Waals surface area contributed by atoms with E-state index in [9.17, 15) is 10.1 Å². The van der Waals surface area contributed by atoms with Crippen molar-refractivity contribution in [3.63, 3.8) is 0 Å². The molecule has 2 rings (SSSR count). The minimum Gasteiger partial charge on any atom is -0.378 e. The highest BCUT2D eigenvalue weighted by Crippen LogP contribution is 2.20. The molecule has 2 aromatic heterocycles. The largest absolute Gasteiger partial charge is 0.378 e. The molecule has 8 nitrogen and oxygen atoms in total. The molecule has 2 aromatic rings. The second-order valence-corrected chi connectivity index (χ2v) is 3.47. The fraction of sp³-hybridized carbons (Fsp3) is 0.333. The number of nitrogens with zero attached hydrogens (tertiary/aromatic N) is 5. The highest BCUT2D eigenvalue weighted by Gasteiger charge is 2.18. The van der Waals surface area contributed by atoms with Gasteiger partial charge >= 0.3 is 5.69 Å². The minimum absolute atomic E-state index is 0.0545. The van der Waals surface area contributed by atoms with Crippen LogP contribution in [0.1, 0.15) is 12.6 Å². The fourth-order valence-corrected chi connectivity index (χ4v) is 1.58. The number of hydrogen-bond donors (Lipinski definition) is 1. The summed E-state index contributed by atoms with van der Waals surface area (Å²) in [6.07, 6.45) is 2.83. The van der Waals surface area contributed by atoms with Crippen LogP contribution >= 0.6 is 0 Å². The average Bonchev–Trinajstić information content (AvgIpc) is 2.87. The maximum atomic E-state index is 10.6. The number of nitrogens with two attached hydrogens (primary N) is 1. The maximum absolute atomic E-state index is 10.6. The third-order valence-electron chi connectivity index (χ3n) is 2.47. The number of anilines is 1. The quantitative estimate of drug-likeness (QED) is 0.619. The Hall–Kier alpha value is -2.38. The predicted molar refractivity (Wildman–Crippen MR) is 60.3 cm³/mol. The van der Waals surface area contributed by atoms with E-state index in [1.54, 1.807) is 10.9 Å². The molecule has 0 aliphatic rings. The summed E-state index contributed by atoms with van der Waals surface area (Å²) in [6.45, 7) is 3.06. The van der Waals surface area contributed by atoms with Crippen molar-refractivity contribution in [2.24, 2.45) is 0 Å². The molecule has 0 aliphatic heterocycles. The van der Waals surface area contributed by atoms with E-state index in [4.69, 9.17) is 5.73 Å². The number of aryl methyl sites for hydroxylation is 1. The molecule has 0 aromatic carbocycles. The van der Waals surface area contributed by atoms with E-state index in [1.165, 1.54) is 4.68 Å². The van der Waals surface area contributed by atoms with Gasteiger partial charge in [-0.15, -0.1) is 0 Å². The highest BCUT2D eigenvalue weighted by molar-refractivity contribution is 5.51. The summed E-state index contributed by atoms with van der Waals surface area (Å²) in [5.41, 5.74) is 6.37. The lowest BCUT2D eigenvalue weighted by molar-refractivity contribution is -0.384. The molecular weight excluding hydrogens is 224 g/mol. The Morgan fingerprint density at radius 3 is 2.82 bits per heavy atom. The van der Waals surface area contributed by atoms with Crippen molar-refractivity contribution >= 4 is 11.5 Å². The lowest BCUT2D eigenvalue weighted by atomic mass is 10.4. The van der Waals surface area contributed by atoms with Crippen LogP contribution in [0.2, 0.25) is 0 Å². The summed E-state index contributed by atoms with van der Waals surface area (Å²) < 4.78 is 3.17. The Morgan fingerprint density at radius 2 is 2.24 bits per heavy atom. The van der Waals surface area contributed by atoms with Crippen molar-refractivity contribution in [2.45, 2.75) is 20.0 Å². The SMILES string of the molecule is CCn1nccc1Cn1ncc([N+](=O)[O-])c1N. The molecule has 0 atom stereocenters. The molecule has 90 valence electrons. The summed E-state index contributed by atoms with van der Waals surface area (Å²) in [4.78, 5) is 10.1. The molecule has 0 unspecified atom stereocenters. The van der Waals surface area contributed by atoms with Crippen LogP contribution in [0.4, 0.5) is 11.5 Å². The average molecular weight is 236 g/mol. The topological polar surface area (TPSA) is 105 Å². The van der Waals surface area contributed by atoms with E-state index in [0.717, 1.165) is 18.4 Å². The van der Waals surface area contributed by atoms with Gasteiger partial charge in [0.15, 0.2) is 0 Å². The third kappa shape index (κ3) is 1.96. The summed E-state index contributed by atoms with van der Waals surface area (Å²) in [7, 11) is 0. The summed E-state index contributed by atoms with van der Waals surface area (Å²) in [6, 6.07) is 1.83. The number of nitro groups is 1. The van der Waals surface area contributed by atoms with Crippen LogP contribution in [0.3, 0.4) is 0 Å². The Labute approximate surface area is 96.8 Å². The molecule has 0 fully saturated rings. The maximum Gasteiger partial charge on any atom is 0.330 e. The van der Waals surface area contributed by atoms with E-state index in [1.807, 2.05) is 13.0 Å². The molecule has 8 heteroatoms. The van der Waals surface area contributed by atoms with Gasteiger partial charge in [-0.3, -0.25) is 14.8 Å². The van der Waals surface area contributed by atoms with Gasteiger partial charge in [0, 0.05) is 12.7 Å². The van der Waals surface area contributed by atoms with Crippen LogP contribution in [0.25, 0.3) is 0 Å². The molecule has 0 radical (unpaired) electrons. The van der Waals surface area contributed by atoms with Crippen molar-refractivity contribution < 1.29 is 4.92 Å². The normalized spacial score (nSPS) is 10.6. The van der Waals surface area contributed by atoms with Crippen LogP contribution in [-0.2, 0) is 13.1 Å². The lowest BCUT2D eigenvalue weighted by Gasteiger charge is -2.05. The van der Waals surface area contributed by atoms with E-state index < -0.39 is 4.92 Å². The standard InChI is InChI=1S/C9H12N6O2/c1-2-13-7(3-4-11-13)6-14-9(10)8(5-12-14)15(16)17/h3-5H,2,6,10H2,1H3. The first-order valence-corrected chi connectivity index (χ1v) is 5.09.